The number of hydrogen-bond donors (Lipinski definition) is 0. The second-order valence-electron chi connectivity index (χ2n) is 7.37. The fourth-order valence-corrected chi connectivity index (χ4v) is 3.65. The van der Waals surface area contributed by atoms with Crippen LogP contribution in [0.25, 0.3) is 0 Å². The van der Waals surface area contributed by atoms with Crippen LogP contribution in [0.2, 0.25) is 0 Å². The Balaban J connectivity index is 1.30. The molecule has 0 radical (unpaired) electrons. The van der Waals surface area contributed by atoms with Crippen molar-refractivity contribution in [3.05, 3.63) is 83.9 Å². The highest BCUT2D eigenvalue weighted by atomic mass is 32.1. The third-order valence-electron chi connectivity index (χ3n) is 5.11. The van der Waals surface area contributed by atoms with Gasteiger partial charge in [0.15, 0.2) is 17.4 Å². The van der Waals surface area contributed by atoms with Crippen LogP contribution >= 0.6 is 12.2 Å². The molecule has 7 heteroatoms. The molecule has 0 saturated carbocycles. The number of carbonyl (C=O) groups is 1. The van der Waals surface area contributed by atoms with Crippen molar-refractivity contribution in [2.75, 3.05) is 18.6 Å². The molecular formula is C24H23N3O3S. The van der Waals surface area contributed by atoms with Gasteiger partial charge in [-0.1, -0.05) is 59.9 Å². The zero-order valence-corrected chi connectivity index (χ0v) is 18.0. The molecule has 4 rings (SSSR count). The van der Waals surface area contributed by atoms with E-state index in [0.717, 1.165) is 22.1 Å². The molecule has 0 fully saturated rings. The van der Waals surface area contributed by atoms with E-state index >= 15 is 0 Å². The minimum Gasteiger partial charge on any atom is -0.489 e. The van der Waals surface area contributed by atoms with E-state index in [1.165, 1.54) is 0 Å². The predicted octanol–water partition coefficient (Wildman–Crippen LogP) is 4.65. The second-order valence-corrected chi connectivity index (χ2v) is 7.79. The lowest BCUT2D eigenvalue weighted by molar-refractivity contribution is 0.0975. The van der Waals surface area contributed by atoms with E-state index in [0.29, 0.717) is 37.3 Å². The third kappa shape index (κ3) is 5.06. The Morgan fingerprint density at radius 2 is 2.10 bits per heavy atom. The SMILES string of the molecule is CN1C(=S)[C@@H](/C=C/CCC(=O)c2cc(Cc3ccccc3)on2)COc2cccnc21. The molecule has 1 aliphatic rings. The standard InChI is InChI=1S/C24H23N3O3S/c1-27-23-22(12-7-13-25-23)29-16-18(24(27)31)10-5-6-11-21(28)20-15-19(30-26-20)14-17-8-3-2-4-9-17/h2-5,7-10,12-13,15,18H,6,11,14,16H2,1H3/b10-5+/t18-/m0/s1. The molecule has 3 aromatic rings. The van der Waals surface area contributed by atoms with Crippen LogP contribution in [0, 0.1) is 5.92 Å². The van der Waals surface area contributed by atoms with Crippen molar-refractivity contribution in [2.45, 2.75) is 19.3 Å². The van der Waals surface area contributed by atoms with Gasteiger partial charge in [-0.3, -0.25) is 4.79 Å². The zero-order valence-electron chi connectivity index (χ0n) is 17.2. The maximum absolute atomic E-state index is 12.5. The molecule has 0 spiro atoms. The van der Waals surface area contributed by atoms with Gasteiger partial charge in [-0.05, 0) is 24.1 Å². The Labute approximate surface area is 186 Å². The number of anilines is 1. The summed E-state index contributed by atoms with van der Waals surface area (Å²) in [4.78, 5) is 19.4. The first kappa shape index (κ1) is 20.9. The van der Waals surface area contributed by atoms with Gasteiger partial charge in [0.25, 0.3) is 0 Å². The molecule has 1 aromatic carbocycles. The number of pyridine rings is 1. The molecular weight excluding hydrogens is 410 g/mol. The number of rotatable bonds is 7. The lowest BCUT2D eigenvalue weighted by Gasteiger charge is -2.19. The Bertz CT molecular complexity index is 1090. The Kier molecular flexibility index (Phi) is 6.52. The van der Waals surface area contributed by atoms with E-state index in [1.807, 2.05) is 66.6 Å². The number of aromatic nitrogens is 2. The van der Waals surface area contributed by atoms with E-state index in [4.69, 9.17) is 21.5 Å². The lowest BCUT2D eigenvalue weighted by Crippen LogP contribution is -2.31. The molecule has 0 saturated heterocycles. The molecule has 158 valence electrons. The average molecular weight is 434 g/mol. The molecule has 3 heterocycles. The van der Waals surface area contributed by atoms with Gasteiger partial charge in [-0.25, -0.2) is 4.98 Å². The fourth-order valence-electron chi connectivity index (χ4n) is 3.42. The van der Waals surface area contributed by atoms with E-state index in [-0.39, 0.29) is 11.7 Å². The van der Waals surface area contributed by atoms with Crippen molar-refractivity contribution in [3.8, 4) is 5.75 Å². The number of hydrogen-bond acceptors (Lipinski definition) is 6. The maximum Gasteiger partial charge on any atom is 0.185 e. The van der Waals surface area contributed by atoms with Gasteiger partial charge < -0.3 is 14.2 Å². The van der Waals surface area contributed by atoms with Gasteiger partial charge in [0.1, 0.15) is 18.1 Å². The average Bonchev–Trinajstić information content (AvgIpc) is 3.22. The summed E-state index contributed by atoms with van der Waals surface area (Å²) in [5.41, 5.74) is 1.48. The summed E-state index contributed by atoms with van der Waals surface area (Å²) in [6, 6.07) is 15.4. The van der Waals surface area contributed by atoms with Gasteiger partial charge in [-0.2, -0.15) is 0 Å². The van der Waals surface area contributed by atoms with Crippen LogP contribution in [0.3, 0.4) is 0 Å². The molecule has 0 N–H and O–H groups in total. The monoisotopic (exact) mass is 433 g/mol. The van der Waals surface area contributed by atoms with Gasteiger partial charge in [0, 0.05) is 32.2 Å². The third-order valence-corrected chi connectivity index (χ3v) is 5.68. The molecule has 1 aliphatic heterocycles. The first-order valence-corrected chi connectivity index (χ1v) is 10.6. The zero-order chi connectivity index (χ0) is 21.6. The quantitative estimate of drug-likeness (QED) is 0.305. The molecule has 0 aliphatic carbocycles. The van der Waals surface area contributed by atoms with Gasteiger partial charge in [-0.15, -0.1) is 0 Å². The highest BCUT2D eigenvalue weighted by molar-refractivity contribution is 7.80. The smallest absolute Gasteiger partial charge is 0.185 e. The van der Waals surface area contributed by atoms with Crippen LogP contribution in [0.1, 0.15) is 34.7 Å². The van der Waals surface area contributed by atoms with E-state index in [1.54, 1.807) is 12.3 Å². The van der Waals surface area contributed by atoms with Crippen LogP contribution in [0.4, 0.5) is 5.82 Å². The summed E-state index contributed by atoms with van der Waals surface area (Å²) >= 11 is 5.61. The van der Waals surface area contributed by atoms with E-state index in [9.17, 15) is 4.79 Å². The number of benzene rings is 1. The molecule has 0 amide bonds. The number of fused-ring (bicyclic) bond motifs is 1. The van der Waals surface area contributed by atoms with Crippen LogP contribution in [-0.2, 0) is 6.42 Å². The van der Waals surface area contributed by atoms with Crippen molar-refractivity contribution in [1.82, 2.24) is 10.1 Å². The minimum absolute atomic E-state index is 0.0406. The summed E-state index contributed by atoms with van der Waals surface area (Å²) in [5.74, 6) is 2.02. The predicted molar refractivity (Wildman–Crippen MR) is 123 cm³/mol. The van der Waals surface area contributed by atoms with Crippen LogP contribution in [-0.4, -0.2) is 34.6 Å². The van der Waals surface area contributed by atoms with Crippen molar-refractivity contribution in [1.29, 1.82) is 0 Å². The molecule has 31 heavy (non-hydrogen) atoms. The molecule has 1 atom stereocenters. The Morgan fingerprint density at radius 1 is 1.26 bits per heavy atom. The number of nitrogens with zero attached hydrogens (tertiary/aromatic N) is 3. The van der Waals surface area contributed by atoms with Gasteiger partial charge >= 0.3 is 0 Å². The van der Waals surface area contributed by atoms with Crippen molar-refractivity contribution in [3.63, 3.8) is 0 Å². The summed E-state index contributed by atoms with van der Waals surface area (Å²) in [7, 11) is 1.89. The second kappa shape index (κ2) is 9.66. The number of Topliss-reactive ketones (excluding diaryl/α,β-unsaturated/α-hetero) is 1. The highest BCUT2D eigenvalue weighted by Gasteiger charge is 2.25. The summed E-state index contributed by atoms with van der Waals surface area (Å²) in [6.45, 7) is 0.443. The lowest BCUT2D eigenvalue weighted by atomic mass is 10.1. The minimum atomic E-state index is -0.0613. The highest BCUT2D eigenvalue weighted by Crippen LogP contribution is 2.30. The first-order chi connectivity index (χ1) is 15.1. The summed E-state index contributed by atoms with van der Waals surface area (Å²) in [6.07, 6.45) is 7.25. The number of allylic oxidation sites excluding steroid dienone is 1. The van der Waals surface area contributed by atoms with Crippen molar-refractivity contribution >= 4 is 28.8 Å². The number of thiocarbonyl (C=S) groups is 1. The molecule has 6 nitrogen and oxygen atoms in total. The summed E-state index contributed by atoms with van der Waals surface area (Å²) < 4.78 is 11.2. The van der Waals surface area contributed by atoms with Crippen LogP contribution < -0.4 is 9.64 Å². The van der Waals surface area contributed by atoms with Gasteiger partial charge in [0.2, 0.25) is 0 Å². The largest absolute Gasteiger partial charge is 0.489 e. The topological polar surface area (TPSA) is 68.5 Å². The maximum atomic E-state index is 12.5. The molecule has 0 bridgehead atoms. The number of ketones is 1. The Morgan fingerprint density at radius 3 is 2.94 bits per heavy atom. The van der Waals surface area contributed by atoms with Crippen molar-refractivity contribution < 1.29 is 14.1 Å². The molecule has 2 aromatic heterocycles. The van der Waals surface area contributed by atoms with Crippen LogP contribution in [0.15, 0.2) is 71.4 Å². The molecule has 0 unspecified atom stereocenters. The van der Waals surface area contributed by atoms with E-state index < -0.39 is 0 Å². The van der Waals surface area contributed by atoms with Crippen molar-refractivity contribution in [2.24, 2.45) is 5.92 Å². The normalized spacial score (nSPS) is 16.1. The fraction of sp³-hybridized carbons (Fsp3) is 0.250. The summed E-state index contributed by atoms with van der Waals surface area (Å²) in [5, 5.41) is 3.94. The van der Waals surface area contributed by atoms with E-state index in [2.05, 4.69) is 10.1 Å². The first-order valence-electron chi connectivity index (χ1n) is 10.2. The van der Waals surface area contributed by atoms with Gasteiger partial charge in [0.05, 0.1) is 10.9 Å². The van der Waals surface area contributed by atoms with Crippen LogP contribution in [0.5, 0.6) is 5.75 Å². The number of ether oxygens (including phenoxy) is 1. The number of carbonyl (C=O) groups excluding carboxylic acids is 1. The Hall–Kier alpha value is -3.32.